The highest BCUT2D eigenvalue weighted by Gasteiger charge is 2.16. The predicted octanol–water partition coefficient (Wildman–Crippen LogP) is 6.94. The molecule has 1 heterocycles. The van der Waals surface area contributed by atoms with Gasteiger partial charge in [0.1, 0.15) is 5.82 Å². The normalized spacial score (nSPS) is 14.6. The van der Waals surface area contributed by atoms with Gasteiger partial charge in [-0.25, -0.2) is 4.98 Å². The van der Waals surface area contributed by atoms with Crippen LogP contribution in [0.25, 0.3) is 11.3 Å². The number of nitrogens with zero attached hydrogens (tertiary/aromatic N) is 2. The molecule has 1 aromatic heterocycles. The molecule has 4 nitrogen and oxygen atoms in total. The van der Waals surface area contributed by atoms with Crippen LogP contribution in [0.1, 0.15) is 32.1 Å². The molecule has 0 radical (unpaired) electrons. The number of aromatic nitrogens is 2. The first-order chi connectivity index (χ1) is 13.7. The van der Waals surface area contributed by atoms with Crippen molar-refractivity contribution in [2.45, 2.75) is 38.1 Å². The highest BCUT2D eigenvalue weighted by molar-refractivity contribution is 6.39. The third-order valence-corrected chi connectivity index (χ3v) is 5.58. The zero-order valence-electron chi connectivity index (χ0n) is 15.5. The molecular formula is C22H22Cl2N4. The molecule has 0 bridgehead atoms. The lowest BCUT2D eigenvalue weighted by atomic mass is 9.96. The number of rotatable bonds is 5. The van der Waals surface area contributed by atoms with Crippen molar-refractivity contribution in [3.63, 3.8) is 0 Å². The van der Waals surface area contributed by atoms with Gasteiger partial charge in [0.05, 0.1) is 21.4 Å². The summed E-state index contributed by atoms with van der Waals surface area (Å²) in [7, 11) is 0. The van der Waals surface area contributed by atoms with Gasteiger partial charge in [-0.3, -0.25) is 0 Å². The number of benzene rings is 2. The van der Waals surface area contributed by atoms with E-state index in [0.717, 1.165) is 24.1 Å². The number of halogens is 2. The van der Waals surface area contributed by atoms with Gasteiger partial charge in [-0.05, 0) is 25.0 Å². The highest BCUT2D eigenvalue weighted by Crippen LogP contribution is 2.33. The second kappa shape index (κ2) is 8.80. The van der Waals surface area contributed by atoms with E-state index in [2.05, 4.69) is 15.6 Å². The van der Waals surface area contributed by atoms with Gasteiger partial charge in [-0.15, -0.1) is 0 Å². The Morgan fingerprint density at radius 3 is 2.25 bits per heavy atom. The van der Waals surface area contributed by atoms with Crippen molar-refractivity contribution >= 4 is 40.7 Å². The third-order valence-electron chi connectivity index (χ3n) is 4.95. The van der Waals surface area contributed by atoms with Crippen LogP contribution >= 0.6 is 23.2 Å². The average molecular weight is 413 g/mol. The maximum Gasteiger partial charge on any atom is 0.225 e. The molecule has 0 unspecified atom stereocenters. The third kappa shape index (κ3) is 4.57. The first-order valence-corrected chi connectivity index (χ1v) is 10.4. The molecule has 1 fully saturated rings. The van der Waals surface area contributed by atoms with Crippen molar-refractivity contribution in [1.82, 2.24) is 9.97 Å². The summed E-state index contributed by atoms with van der Waals surface area (Å²) in [6.07, 6.45) is 6.10. The Morgan fingerprint density at radius 2 is 1.54 bits per heavy atom. The lowest BCUT2D eigenvalue weighted by Gasteiger charge is -2.23. The number of para-hydroxylation sites is 1. The zero-order valence-corrected chi connectivity index (χ0v) is 17.0. The molecule has 0 amide bonds. The number of anilines is 3. The molecule has 144 valence electrons. The largest absolute Gasteiger partial charge is 0.351 e. The number of hydrogen-bond donors (Lipinski definition) is 2. The average Bonchev–Trinajstić information content (AvgIpc) is 2.72. The van der Waals surface area contributed by atoms with E-state index in [9.17, 15) is 0 Å². The Balaban J connectivity index is 1.69. The molecule has 2 aromatic carbocycles. The Hall–Kier alpha value is -2.30. The monoisotopic (exact) mass is 412 g/mol. The van der Waals surface area contributed by atoms with Crippen LogP contribution in [0, 0.1) is 0 Å². The van der Waals surface area contributed by atoms with E-state index in [0.29, 0.717) is 33.5 Å². The molecule has 0 saturated heterocycles. The quantitative estimate of drug-likeness (QED) is 0.476. The fraction of sp³-hybridized carbons (Fsp3) is 0.273. The maximum absolute atomic E-state index is 6.33. The maximum atomic E-state index is 6.33. The summed E-state index contributed by atoms with van der Waals surface area (Å²) in [6.45, 7) is 0. The predicted molar refractivity (Wildman–Crippen MR) is 118 cm³/mol. The molecule has 1 saturated carbocycles. The molecule has 2 N–H and O–H groups in total. The van der Waals surface area contributed by atoms with Crippen LogP contribution in [-0.2, 0) is 0 Å². The second-order valence-corrected chi connectivity index (χ2v) is 7.84. The van der Waals surface area contributed by atoms with Crippen LogP contribution in [0.2, 0.25) is 10.0 Å². The number of hydrogen-bond acceptors (Lipinski definition) is 4. The van der Waals surface area contributed by atoms with Gasteiger partial charge in [-0.2, -0.15) is 4.98 Å². The molecule has 3 aromatic rings. The summed E-state index contributed by atoms with van der Waals surface area (Å²) in [5.74, 6) is 1.28. The van der Waals surface area contributed by atoms with E-state index in [4.69, 9.17) is 28.2 Å². The Labute approximate surface area is 175 Å². The van der Waals surface area contributed by atoms with E-state index in [1.54, 1.807) is 12.1 Å². The molecule has 28 heavy (non-hydrogen) atoms. The molecule has 4 rings (SSSR count). The molecule has 0 atom stereocenters. The van der Waals surface area contributed by atoms with Crippen molar-refractivity contribution in [2.24, 2.45) is 0 Å². The van der Waals surface area contributed by atoms with Crippen LogP contribution in [0.3, 0.4) is 0 Å². The Morgan fingerprint density at radius 1 is 0.821 bits per heavy atom. The van der Waals surface area contributed by atoms with Crippen molar-refractivity contribution in [3.05, 3.63) is 64.6 Å². The van der Waals surface area contributed by atoms with E-state index in [1.807, 2.05) is 42.5 Å². The van der Waals surface area contributed by atoms with Gasteiger partial charge < -0.3 is 10.6 Å². The lowest BCUT2D eigenvalue weighted by Crippen LogP contribution is -2.23. The summed E-state index contributed by atoms with van der Waals surface area (Å²) in [5, 5.41) is 7.89. The lowest BCUT2D eigenvalue weighted by molar-refractivity contribution is 0.461. The van der Waals surface area contributed by atoms with Gasteiger partial charge in [0.25, 0.3) is 0 Å². The van der Waals surface area contributed by atoms with Crippen LogP contribution in [0.4, 0.5) is 17.5 Å². The molecule has 1 aliphatic rings. The van der Waals surface area contributed by atoms with E-state index >= 15 is 0 Å². The van der Waals surface area contributed by atoms with Gasteiger partial charge in [0.15, 0.2) is 0 Å². The van der Waals surface area contributed by atoms with Crippen molar-refractivity contribution < 1.29 is 0 Å². The first-order valence-electron chi connectivity index (χ1n) is 9.61. The summed E-state index contributed by atoms with van der Waals surface area (Å²) >= 11 is 12.7. The summed E-state index contributed by atoms with van der Waals surface area (Å²) in [5.41, 5.74) is 2.52. The van der Waals surface area contributed by atoms with Gasteiger partial charge in [0.2, 0.25) is 5.95 Å². The Bertz CT molecular complexity index is 920. The summed E-state index contributed by atoms with van der Waals surface area (Å²) in [6, 6.07) is 17.8. The Kier molecular flexibility index (Phi) is 5.98. The van der Waals surface area contributed by atoms with E-state index < -0.39 is 0 Å². The smallest absolute Gasteiger partial charge is 0.225 e. The second-order valence-electron chi connectivity index (χ2n) is 7.03. The summed E-state index contributed by atoms with van der Waals surface area (Å²) in [4.78, 5) is 9.44. The van der Waals surface area contributed by atoms with Crippen LogP contribution in [0.5, 0.6) is 0 Å². The SMILES string of the molecule is Clc1cccc(Cl)c1Nc1cc(-c2ccccc2)nc(NC2CCCCC2)n1. The minimum Gasteiger partial charge on any atom is -0.351 e. The van der Waals surface area contributed by atoms with E-state index in [-0.39, 0.29) is 0 Å². The van der Waals surface area contributed by atoms with Crippen molar-refractivity contribution in [2.75, 3.05) is 10.6 Å². The fourth-order valence-electron chi connectivity index (χ4n) is 3.51. The van der Waals surface area contributed by atoms with Crippen molar-refractivity contribution in [1.29, 1.82) is 0 Å². The van der Waals surface area contributed by atoms with Crippen LogP contribution in [0.15, 0.2) is 54.6 Å². The minimum absolute atomic E-state index is 0.413. The molecule has 0 spiro atoms. The number of nitrogens with one attached hydrogen (secondary N) is 2. The first kappa shape index (κ1) is 19.0. The molecular weight excluding hydrogens is 391 g/mol. The van der Waals surface area contributed by atoms with Gasteiger partial charge in [0, 0.05) is 17.7 Å². The van der Waals surface area contributed by atoms with Crippen LogP contribution < -0.4 is 10.6 Å². The minimum atomic E-state index is 0.413. The van der Waals surface area contributed by atoms with Gasteiger partial charge in [-0.1, -0.05) is 78.9 Å². The summed E-state index contributed by atoms with van der Waals surface area (Å²) < 4.78 is 0. The standard InChI is InChI=1S/C22H22Cl2N4/c23-17-12-7-13-18(24)21(17)27-20-14-19(15-8-3-1-4-9-15)26-22(28-20)25-16-10-5-2-6-11-16/h1,3-4,7-9,12-14,16H,2,5-6,10-11H2,(H2,25,26,27,28). The fourth-order valence-corrected chi connectivity index (χ4v) is 4.00. The molecule has 6 heteroatoms. The topological polar surface area (TPSA) is 49.8 Å². The molecule has 0 aliphatic heterocycles. The zero-order chi connectivity index (χ0) is 19.3. The van der Waals surface area contributed by atoms with E-state index in [1.165, 1.54) is 19.3 Å². The van der Waals surface area contributed by atoms with Crippen LogP contribution in [-0.4, -0.2) is 16.0 Å². The van der Waals surface area contributed by atoms with Crippen molar-refractivity contribution in [3.8, 4) is 11.3 Å². The highest BCUT2D eigenvalue weighted by atomic mass is 35.5. The molecule has 1 aliphatic carbocycles. The van der Waals surface area contributed by atoms with Gasteiger partial charge >= 0.3 is 0 Å².